The van der Waals surface area contributed by atoms with E-state index in [1.165, 1.54) is 11.3 Å². The van der Waals surface area contributed by atoms with E-state index < -0.39 is 10.0 Å². The number of ether oxygens (including phenoxy) is 1. The van der Waals surface area contributed by atoms with E-state index in [4.69, 9.17) is 4.74 Å². The second kappa shape index (κ2) is 9.76. The molecule has 4 rings (SSSR count). The van der Waals surface area contributed by atoms with Gasteiger partial charge in [0.25, 0.3) is 5.91 Å². The maximum Gasteiger partial charge on any atom is 0.266 e. The van der Waals surface area contributed by atoms with Crippen LogP contribution in [0.3, 0.4) is 0 Å². The van der Waals surface area contributed by atoms with Crippen LogP contribution < -0.4 is 4.72 Å². The lowest BCUT2D eigenvalue weighted by Crippen LogP contribution is -2.40. The molecule has 176 valence electrons. The van der Waals surface area contributed by atoms with Crippen LogP contribution in [0.5, 0.6) is 0 Å². The van der Waals surface area contributed by atoms with E-state index in [-0.39, 0.29) is 16.7 Å². The molecule has 1 aliphatic heterocycles. The quantitative estimate of drug-likeness (QED) is 0.552. The Balaban J connectivity index is 1.51. The van der Waals surface area contributed by atoms with Crippen molar-refractivity contribution in [3.8, 4) is 10.7 Å². The largest absolute Gasteiger partial charge is 0.378 e. The lowest BCUT2D eigenvalue weighted by atomic mass is 10.0. The summed E-state index contributed by atoms with van der Waals surface area (Å²) in [5.74, 6) is -0.0160. The highest BCUT2D eigenvalue weighted by molar-refractivity contribution is 7.89. The highest BCUT2D eigenvalue weighted by Crippen LogP contribution is 2.31. The molecule has 1 atom stereocenters. The van der Waals surface area contributed by atoms with Crippen molar-refractivity contribution in [2.45, 2.75) is 24.7 Å². The van der Waals surface area contributed by atoms with Crippen LogP contribution in [0.15, 0.2) is 47.5 Å². The number of nitrogens with one attached hydrogen (secondary N) is 1. The van der Waals surface area contributed by atoms with Gasteiger partial charge in [-0.1, -0.05) is 37.3 Å². The molecule has 1 fully saturated rings. The standard InChI is InChI=1S/C23H28N4O4S2/c1-16(18-7-5-4-6-8-18)14-24-33(29,30)19-13-20(26(3)15-19)22-25-17(2)21(32-22)23(28)27-9-11-31-12-10-27/h4-8,13,15-16,24H,9-12,14H2,1-3H3/t16-/m0/s1. The minimum atomic E-state index is -3.69. The number of carbonyl (C=O) groups is 1. The van der Waals surface area contributed by atoms with Crippen molar-refractivity contribution < 1.29 is 17.9 Å². The Morgan fingerprint density at radius 1 is 1.24 bits per heavy atom. The van der Waals surface area contributed by atoms with Crippen LogP contribution in [0.1, 0.15) is 33.8 Å². The second-order valence-electron chi connectivity index (χ2n) is 8.17. The Hall–Kier alpha value is -2.53. The first kappa shape index (κ1) is 23.6. The molecule has 0 radical (unpaired) electrons. The highest BCUT2D eigenvalue weighted by Gasteiger charge is 2.25. The molecule has 0 spiro atoms. The topological polar surface area (TPSA) is 93.5 Å². The number of aromatic nitrogens is 2. The number of sulfonamides is 1. The molecule has 1 saturated heterocycles. The molecule has 3 heterocycles. The summed E-state index contributed by atoms with van der Waals surface area (Å²) in [6.07, 6.45) is 1.57. The number of hydrogen-bond acceptors (Lipinski definition) is 6. The SMILES string of the molecule is Cc1nc(-c2cc(S(=O)(=O)NC[C@H](C)c3ccccc3)cn2C)sc1C(=O)N1CCOCC1. The molecule has 0 bridgehead atoms. The van der Waals surface area contributed by atoms with Gasteiger partial charge in [0.1, 0.15) is 14.8 Å². The fourth-order valence-electron chi connectivity index (χ4n) is 3.73. The maximum atomic E-state index is 12.9. The number of thiazole rings is 1. The summed E-state index contributed by atoms with van der Waals surface area (Å²) >= 11 is 1.29. The molecule has 1 amide bonds. The number of rotatable bonds is 7. The molecule has 3 aromatic rings. The van der Waals surface area contributed by atoms with Crippen LogP contribution in [-0.4, -0.2) is 61.6 Å². The van der Waals surface area contributed by atoms with Crippen LogP contribution in [0.4, 0.5) is 0 Å². The van der Waals surface area contributed by atoms with Crippen LogP contribution in [0.25, 0.3) is 10.7 Å². The Labute approximate surface area is 198 Å². The van der Waals surface area contributed by atoms with E-state index in [0.717, 1.165) is 5.56 Å². The molecule has 0 saturated carbocycles. The molecule has 1 N–H and O–H groups in total. The molecule has 10 heteroatoms. The number of benzene rings is 1. The van der Waals surface area contributed by atoms with Crippen LogP contribution in [0.2, 0.25) is 0 Å². The monoisotopic (exact) mass is 488 g/mol. The molecular formula is C23H28N4O4S2. The second-order valence-corrected chi connectivity index (χ2v) is 10.9. The summed E-state index contributed by atoms with van der Waals surface area (Å²) < 4.78 is 35.6. The first-order valence-corrected chi connectivity index (χ1v) is 13.1. The van der Waals surface area contributed by atoms with E-state index in [9.17, 15) is 13.2 Å². The summed E-state index contributed by atoms with van der Waals surface area (Å²) in [4.78, 5) is 20.0. The highest BCUT2D eigenvalue weighted by atomic mass is 32.2. The van der Waals surface area contributed by atoms with Gasteiger partial charge in [-0.3, -0.25) is 4.79 Å². The third-order valence-corrected chi connectivity index (χ3v) is 8.31. The van der Waals surface area contributed by atoms with Crippen molar-refractivity contribution >= 4 is 27.3 Å². The average Bonchev–Trinajstić information content (AvgIpc) is 3.41. The number of morpholine rings is 1. The van der Waals surface area contributed by atoms with Crippen LogP contribution in [-0.2, 0) is 21.8 Å². The summed E-state index contributed by atoms with van der Waals surface area (Å²) in [7, 11) is -1.91. The van der Waals surface area contributed by atoms with Gasteiger partial charge >= 0.3 is 0 Å². The molecule has 2 aromatic heterocycles. The Morgan fingerprint density at radius 2 is 1.94 bits per heavy atom. The summed E-state index contributed by atoms with van der Waals surface area (Å²) in [5.41, 5.74) is 2.37. The van der Waals surface area contributed by atoms with Gasteiger partial charge in [-0.15, -0.1) is 11.3 Å². The minimum Gasteiger partial charge on any atom is -0.378 e. The predicted octanol–water partition coefficient (Wildman–Crippen LogP) is 3.01. The first-order valence-electron chi connectivity index (χ1n) is 10.8. The van der Waals surface area contributed by atoms with Gasteiger partial charge in [0, 0.05) is 32.9 Å². The van der Waals surface area contributed by atoms with Crippen molar-refractivity contribution in [3.05, 3.63) is 58.7 Å². The fraction of sp³-hybridized carbons (Fsp3) is 0.391. The zero-order valence-corrected chi connectivity index (χ0v) is 20.6. The van der Waals surface area contributed by atoms with Gasteiger partial charge in [0.15, 0.2) is 0 Å². The number of amides is 1. The zero-order valence-electron chi connectivity index (χ0n) is 18.9. The molecule has 0 aliphatic carbocycles. The average molecular weight is 489 g/mol. The minimum absolute atomic E-state index is 0.0412. The van der Waals surface area contributed by atoms with Crippen molar-refractivity contribution in [1.29, 1.82) is 0 Å². The van der Waals surface area contributed by atoms with Gasteiger partial charge in [-0.05, 0) is 24.5 Å². The maximum absolute atomic E-state index is 12.9. The molecule has 1 aromatic carbocycles. The first-order chi connectivity index (χ1) is 15.8. The predicted molar refractivity (Wildman–Crippen MR) is 128 cm³/mol. The zero-order chi connectivity index (χ0) is 23.6. The van der Waals surface area contributed by atoms with E-state index in [1.807, 2.05) is 37.3 Å². The summed E-state index contributed by atoms with van der Waals surface area (Å²) in [6, 6.07) is 11.4. The van der Waals surface area contributed by atoms with Gasteiger partial charge < -0.3 is 14.2 Å². The lowest BCUT2D eigenvalue weighted by molar-refractivity contribution is 0.0305. The molecule has 1 aliphatic rings. The lowest BCUT2D eigenvalue weighted by Gasteiger charge is -2.26. The van der Waals surface area contributed by atoms with E-state index in [0.29, 0.717) is 54.1 Å². The van der Waals surface area contributed by atoms with Crippen molar-refractivity contribution in [2.24, 2.45) is 7.05 Å². The Bertz CT molecular complexity index is 1230. The third kappa shape index (κ3) is 5.19. The smallest absolute Gasteiger partial charge is 0.266 e. The van der Waals surface area contributed by atoms with Gasteiger partial charge in [0.2, 0.25) is 10.0 Å². The molecule has 33 heavy (non-hydrogen) atoms. The molecule has 8 nitrogen and oxygen atoms in total. The third-order valence-electron chi connectivity index (χ3n) is 5.75. The van der Waals surface area contributed by atoms with Gasteiger partial charge in [0.05, 0.1) is 24.6 Å². The van der Waals surface area contributed by atoms with Crippen LogP contribution in [0, 0.1) is 6.92 Å². The van der Waals surface area contributed by atoms with E-state index >= 15 is 0 Å². The van der Waals surface area contributed by atoms with Gasteiger partial charge in [-0.2, -0.15) is 0 Å². The number of carbonyl (C=O) groups excluding carboxylic acids is 1. The molecule has 0 unspecified atom stereocenters. The summed E-state index contributed by atoms with van der Waals surface area (Å²) in [6.45, 7) is 6.28. The van der Waals surface area contributed by atoms with Crippen molar-refractivity contribution in [1.82, 2.24) is 19.2 Å². The van der Waals surface area contributed by atoms with Gasteiger partial charge in [-0.25, -0.2) is 18.1 Å². The summed E-state index contributed by atoms with van der Waals surface area (Å²) in [5, 5.41) is 0.616. The van der Waals surface area contributed by atoms with Crippen LogP contribution >= 0.6 is 11.3 Å². The Morgan fingerprint density at radius 3 is 2.64 bits per heavy atom. The molecular weight excluding hydrogens is 460 g/mol. The fourth-order valence-corrected chi connectivity index (χ4v) is 6.02. The number of aryl methyl sites for hydroxylation is 2. The van der Waals surface area contributed by atoms with E-state index in [2.05, 4.69) is 9.71 Å². The number of hydrogen-bond donors (Lipinski definition) is 1. The van der Waals surface area contributed by atoms with E-state index in [1.54, 1.807) is 35.7 Å². The Kier molecular flexibility index (Phi) is 6.99. The van der Waals surface area contributed by atoms with Crippen molar-refractivity contribution in [3.63, 3.8) is 0 Å². The van der Waals surface area contributed by atoms with Crippen molar-refractivity contribution in [2.75, 3.05) is 32.8 Å². The normalized spacial score (nSPS) is 15.5. The number of nitrogens with zero attached hydrogens (tertiary/aromatic N) is 3.